The third-order valence-corrected chi connectivity index (χ3v) is 5.12. The largest absolute Gasteiger partial charge is 0.481 e. The minimum Gasteiger partial charge on any atom is -0.481 e. The zero-order chi connectivity index (χ0) is 18.4. The van der Waals surface area contributed by atoms with E-state index in [0.29, 0.717) is 29.4 Å². The van der Waals surface area contributed by atoms with Crippen LogP contribution < -0.4 is 5.73 Å². The molecule has 0 saturated heterocycles. The fraction of sp³-hybridized carbons (Fsp3) is 0.579. The van der Waals surface area contributed by atoms with Crippen molar-refractivity contribution in [2.24, 2.45) is 5.92 Å². The van der Waals surface area contributed by atoms with E-state index >= 15 is 0 Å². The molecule has 140 valence electrons. The summed E-state index contributed by atoms with van der Waals surface area (Å²) >= 11 is 0. The maximum atomic E-state index is 10.6. The highest BCUT2D eigenvalue weighted by molar-refractivity contribution is 5.66. The van der Waals surface area contributed by atoms with Crippen molar-refractivity contribution in [3.05, 3.63) is 24.2 Å². The first-order valence-corrected chi connectivity index (χ1v) is 9.39. The number of pyridine rings is 1. The Morgan fingerprint density at radius 2 is 2.15 bits per heavy atom. The van der Waals surface area contributed by atoms with Gasteiger partial charge in [-0.05, 0) is 37.3 Å². The van der Waals surface area contributed by atoms with Crippen LogP contribution in [0.5, 0.6) is 0 Å². The van der Waals surface area contributed by atoms with Crippen LogP contribution >= 0.6 is 0 Å². The number of carbonyl (C=O) groups is 1. The maximum Gasteiger partial charge on any atom is 0.303 e. The highest BCUT2D eigenvalue weighted by atomic mass is 16.5. The molecule has 3 rings (SSSR count). The van der Waals surface area contributed by atoms with Gasteiger partial charge in [0.15, 0.2) is 0 Å². The van der Waals surface area contributed by atoms with Gasteiger partial charge in [-0.3, -0.25) is 4.79 Å². The Hall–Kier alpha value is -2.44. The van der Waals surface area contributed by atoms with Gasteiger partial charge in [-0.1, -0.05) is 37.3 Å². The summed E-state index contributed by atoms with van der Waals surface area (Å²) in [6.45, 7) is 0. The Labute approximate surface area is 153 Å². The number of carboxylic acids is 1. The van der Waals surface area contributed by atoms with Crippen molar-refractivity contribution in [2.45, 2.75) is 63.7 Å². The molecule has 1 aliphatic carbocycles. The van der Waals surface area contributed by atoms with Crippen molar-refractivity contribution in [1.82, 2.24) is 15.1 Å². The number of nitrogens with two attached hydrogens (primary N) is 1. The molecule has 1 fully saturated rings. The van der Waals surface area contributed by atoms with E-state index in [1.807, 2.05) is 6.07 Å². The Balaban J connectivity index is 1.51. The number of nitrogens with zero attached hydrogens (tertiary/aromatic N) is 3. The number of rotatable bonds is 8. The first kappa shape index (κ1) is 18.4. The van der Waals surface area contributed by atoms with Gasteiger partial charge in [-0.15, -0.1) is 0 Å². The fourth-order valence-corrected chi connectivity index (χ4v) is 3.72. The Kier molecular flexibility index (Phi) is 6.20. The molecule has 26 heavy (non-hydrogen) atoms. The average molecular weight is 358 g/mol. The molecule has 2 unspecified atom stereocenters. The molecular formula is C19H26N4O3. The summed E-state index contributed by atoms with van der Waals surface area (Å²) < 4.78 is 5.52. The SMILES string of the molecule is Nc1ccc(-c2noc(C3CCCC(CCCCCC(=O)O)C3)n2)cn1. The van der Waals surface area contributed by atoms with Crippen LogP contribution in [0, 0.1) is 5.92 Å². The molecule has 3 N–H and O–H groups in total. The molecule has 2 aromatic heterocycles. The van der Waals surface area contributed by atoms with Gasteiger partial charge in [0.05, 0.1) is 0 Å². The molecule has 0 amide bonds. The third-order valence-electron chi connectivity index (χ3n) is 5.12. The minimum absolute atomic E-state index is 0.276. The van der Waals surface area contributed by atoms with Crippen molar-refractivity contribution in [3.8, 4) is 11.4 Å². The second-order valence-electron chi connectivity index (χ2n) is 7.15. The van der Waals surface area contributed by atoms with Gasteiger partial charge in [0, 0.05) is 24.1 Å². The van der Waals surface area contributed by atoms with Crippen LogP contribution in [-0.2, 0) is 4.79 Å². The lowest BCUT2D eigenvalue weighted by atomic mass is 9.79. The zero-order valence-electron chi connectivity index (χ0n) is 14.9. The summed E-state index contributed by atoms with van der Waals surface area (Å²) in [6.07, 6.45) is 10.5. The van der Waals surface area contributed by atoms with E-state index in [-0.39, 0.29) is 6.42 Å². The van der Waals surface area contributed by atoms with Gasteiger partial charge in [0.25, 0.3) is 0 Å². The van der Waals surface area contributed by atoms with Crippen LogP contribution in [0.15, 0.2) is 22.9 Å². The number of unbranched alkanes of at least 4 members (excludes halogenated alkanes) is 2. The summed E-state index contributed by atoms with van der Waals surface area (Å²) in [7, 11) is 0. The number of carboxylic acid groups (broad SMARTS) is 1. The van der Waals surface area contributed by atoms with Gasteiger partial charge in [0.2, 0.25) is 11.7 Å². The van der Waals surface area contributed by atoms with E-state index in [9.17, 15) is 4.79 Å². The normalized spacial score (nSPS) is 20.2. The number of hydrogen-bond acceptors (Lipinski definition) is 6. The van der Waals surface area contributed by atoms with E-state index in [4.69, 9.17) is 15.4 Å². The van der Waals surface area contributed by atoms with E-state index in [1.54, 1.807) is 12.3 Å². The van der Waals surface area contributed by atoms with Crippen LogP contribution in [0.3, 0.4) is 0 Å². The minimum atomic E-state index is -0.703. The molecule has 2 heterocycles. The maximum absolute atomic E-state index is 10.6. The van der Waals surface area contributed by atoms with Crippen LogP contribution in [0.4, 0.5) is 5.82 Å². The molecule has 0 bridgehead atoms. The van der Waals surface area contributed by atoms with Crippen molar-refractivity contribution in [1.29, 1.82) is 0 Å². The molecule has 1 saturated carbocycles. The van der Waals surface area contributed by atoms with E-state index in [0.717, 1.165) is 44.1 Å². The summed E-state index contributed by atoms with van der Waals surface area (Å²) in [4.78, 5) is 19.2. The standard InChI is InChI=1S/C19H26N4O3/c20-16-10-9-15(12-21-16)18-22-19(26-23-18)14-7-4-6-13(11-14)5-2-1-3-8-17(24)25/h9-10,12-14H,1-8,11H2,(H2,20,21)(H,24,25). The molecule has 1 aliphatic rings. The number of aromatic nitrogens is 3. The van der Waals surface area contributed by atoms with Crippen LogP contribution in [0.1, 0.15) is 69.6 Å². The Morgan fingerprint density at radius 3 is 2.92 bits per heavy atom. The fourth-order valence-electron chi connectivity index (χ4n) is 3.72. The van der Waals surface area contributed by atoms with E-state index in [1.165, 1.54) is 12.8 Å². The van der Waals surface area contributed by atoms with Crippen molar-refractivity contribution >= 4 is 11.8 Å². The summed E-state index contributed by atoms with van der Waals surface area (Å²) in [5.41, 5.74) is 6.42. The van der Waals surface area contributed by atoms with Gasteiger partial charge in [-0.2, -0.15) is 4.98 Å². The van der Waals surface area contributed by atoms with E-state index < -0.39 is 5.97 Å². The second kappa shape index (κ2) is 8.78. The van der Waals surface area contributed by atoms with Crippen LogP contribution in [0.25, 0.3) is 11.4 Å². The predicted octanol–water partition coefficient (Wildman–Crippen LogP) is 4.02. The number of nitrogen functional groups attached to an aromatic ring is 1. The van der Waals surface area contributed by atoms with Crippen molar-refractivity contribution < 1.29 is 14.4 Å². The van der Waals surface area contributed by atoms with Gasteiger partial charge in [-0.25, -0.2) is 4.98 Å². The van der Waals surface area contributed by atoms with Crippen LogP contribution in [0.2, 0.25) is 0 Å². The highest BCUT2D eigenvalue weighted by Gasteiger charge is 2.27. The van der Waals surface area contributed by atoms with E-state index in [2.05, 4.69) is 15.1 Å². The molecule has 7 heteroatoms. The predicted molar refractivity (Wildman–Crippen MR) is 97.4 cm³/mol. The smallest absolute Gasteiger partial charge is 0.303 e. The molecule has 0 radical (unpaired) electrons. The first-order chi connectivity index (χ1) is 12.6. The quantitative estimate of drug-likeness (QED) is 0.685. The summed E-state index contributed by atoms with van der Waals surface area (Å²) in [5.74, 6) is 2.01. The van der Waals surface area contributed by atoms with Crippen LogP contribution in [-0.4, -0.2) is 26.2 Å². The lowest BCUT2D eigenvalue weighted by Crippen LogP contribution is -2.14. The monoisotopic (exact) mass is 358 g/mol. The Bertz CT molecular complexity index is 714. The van der Waals surface area contributed by atoms with Gasteiger partial charge < -0.3 is 15.4 Å². The zero-order valence-corrected chi connectivity index (χ0v) is 14.9. The topological polar surface area (TPSA) is 115 Å². The number of aliphatic carboxylic acids is 1. The summed E-state index contributed by atoms with van der Waals surface area (Å²) in [5, 5.41) is 12.8. The number of anilines is 1. The molecule has 0 spiro atoms. The van der Waals surface area contributed by atoms with Crippen molar-refractivity contribution in [2.75, 3.05) is 5.73 Å². The molecule has 7 nitrogen and oxygen atoms in total. The molecule has 2 aromatic rings. The number of hydrogen-bond donors (Lipinski definition) is 2. The summed E-state index contributed by atoms with van der Waals surface area (Å²) in [6, 6.07) is 3.57. The van der Waals surface area contributed by atoms with Crippen molar-refractivity contribution in [3.63, 3.8) is 0 Å². The highest BCUT2D eigenvalue weighted by Crippen LogP contribution is 2.38. The van der Waals surface area contributed by atoms with Gasteiger partial charge in [0.1, 0.15) is 5.82 Å². The second-order valence-corrected chi connectivity index (χ2v) is 7.15. The lowest BCUT2D eigenvalue weighted by molar-refractivity contribution is -0.137. The molecule has 2 atom stereocenters. The molecule has 0 aromatic carbocycles. The van der Waals surface area contributed by atoms with Gasteiger partial charge >= 0.3 is 5.97 Å². The average Bonchev–Trinajstić information content (AvgIpc) is 3.12. The third kappa shape index (κ3) is 5.03. The molecular weight excluding hydrogens is 332 g/mol. The first-order valence-electron chi connectivity index (χ1n) is 9.39. The molecule has 0 aliphatic heterocycles. The Morgan fingerprint density at radius 1 is 1.27 bits per heavy atom. The lowest BCUT2D eigenvalue weighted by Gasteiger charge is -2.26.